The van der Waals surface area contributed by atoms with E-state index < -0.39 is 28.8 Å². The van der Waals surface area contributed by atoms with Gasteiger partial charge in [0.05, 0.1) is 11.0 Å². The van der Waals surface area contributed by atoms with Crippen molar-refractivity contribution in [1.29, 1.82) is 0 Å². The minimum absolute atomic E-state index is 0.0117. The molecule has 5 heterocycles. The molecule has 3 aromatic carbocycles. The van der Waals surface area contributed by atoms with Crippen LogP contribution in [-0.4, -0.2) is 76.9 Å². The van der Waals surface area contributed by atoms with E-state index >= 15 is 4.39 Å². The number of phenols is 1. The number of halogens is 3. The van der Waals surface area contributed by atoms with Gasteiger partial charge in [-0.15, -0.1) is 0 Å². The van der Waals surface area contributed by atoms with Gasteiger partial charge in [0.25, 0.3) is 0 Å². The van der Waals surface area contributed by atoms with E-state index in [9.17, 15) is 18.7 Å². The Morgan fingerprint density at radius 1 is 1.09 bits per heavy atom. The Morgan fingerprint density at radius 3 is 2.72 bits per heavy atom. The number of nitrogens with zero attached hydrogens (tertiary/aromatic N) is 4. The number of carbonyl (C=O) groups is 1. The van der Waals surface area contributed by atoms with Gasteiger partial charge in [-0.3, -0.25) is 9.69 Å². The van der Waals surface area contributed by atoms with Crippen LogP contribution in [0.25, 0.3) is 32.8 Å². The number of anilines is 1. The first-order valence-corrected chi connectivity index (χ1v) is 16.2. The van der Waals surface area contributed by atoms with Gasteiger partial charge in [-0.25, -0.2) is 13.2 Å². The van der Waals surface area contributed by atoms with Crippen LogP contribution in [0.1, 0.15) is 44.6 Å². The number of aryl methyl sites for hydroxylation is 1. The summed E-state index contributed by atoms with van der Waals surface area (Å²) in [7, 11) is 0. The van der Waals surface area contributed by atoms with Gasteiger partial charge < -0.3 is 20.1 Å². The number of β-lactam (4-membered cyclic amide) rings is 1. The predicted molar refractivity (Wildman–Crippen MR) is 169 cm³/mol. The maximum absolute atomic E-state index is 16.9. The maximum atomic E-state index is 16.9. The largest absolute Gasteiger partial charge is 0.508 e. The van der Waals surface area contributed by atoms with Gasteiger partial charge in [-0.2, -0.15) is 9.97 Å². The Labute approximate surface area is 264 Å². The fourth-order valence-electron chi connectivity index (χ4n) is 8.40. The number of fused-ring (bicyclic) bond motifs is 3. The first kappa shape index (κ1) is 29.3. The molecule has 4 aliphatic rings. The molecule has 4 aliphatic heterocycles. The molecule has 0 aliphatic carbocycles. The number of carbonyl (C=O) groups excluding carboxylic acids is 1. The van der Waals surface area contributed by atoms with Crippen LogP contribution in [0.4, 0.5) is 19.0 Å². The highest BCUT2D eigenvalue weighted by Crippen LogP contribution is 2.44. The van der Waals surface area contributed by atoms with Gasteiger partial charge in [0.15, 0.2) is 5.82 Å². The van der Waals surface area contributed by atoms with E-state index in [1.54, 1.807) is 24.3 Å². The minimum atomic E-state index is -0.926. The van der Waals surface area contributed by atoms with E-state index in [0.29, 0.717) is 72.1 Å². The fourth-order valence-corrected chi connectivity index (χ4v) is 8.40. The smallest absolute Gasteiger partial charge is 0.319 e. The molecular weight excluding hydrogens is 595 g/mol. The SMILES string of the molecule is CCc1c(F)ccc2cc(O)cc(-c3ccc4c(N5CCCC6(CNC6=O)C5)nc(OC[C@@]56CCCN5C[C@H](F)C6)nc4c3F)c12. The summed E-state index contributed by atoms with van der Waals surface area (Å²) >= 11 is 0. The average molecular weight is 632 g/mol. The average Bonchev–Trinajstić information content (AvgIpc) is 3.58. The van der Waals surface area contributed by atoms with Crippen molar-refractivity contribution >= 4 is 33.4 Å². The minimum Gasteiger partial charge on any atom is -0.508 e. The Kier molecular flexibility index (Phi) is 6.83. The van der Waals surface area contributed by atoms with Crippen LogP contribution in [0.2, 0.25) is 0 Å². The van der Waals surface area contributed by atoms with Crippen molar-refractivity contribution in [3.8, 4) is 22.9 Å². The van der Waals surface area contributed by atoms with E-state index in [1.807, 2.05) is 11.8 Å². The van der Waals surface area contributed by atoms with Crippen molar-refractivity contribution in [2.75, 3.05) is 44.2 Å². The van der Waals surface area contributed by atoms with Crippen molar-refractivity contribution in [3.63, 3.8) is 0 Å². The van der Waals surface area contributed by atoms with E-state index in [4.69, 9.17) is 9.72 Å². The highest BCUT2D eigenvalue weighted by atomic mass is 19.1. The molecule has 1 unspecified atom stereocenters. The first-order valence-electron chi connectivity index (χ1n) is 16.2. The number of hydrogen-bond acceptors (Lipinski definition) is 7. The zero-order chi connectivity index (χ0) is 31.8. The molecule has 11 heteroatoms. The first-order chi connectivity index (χ1) is 22.2. The monoisotopic (exact) mass is 631 g/mol. The Bertz CT molecular complexity index is 1910. The van der Waals surface area contributed by atoms with Gasteiger partial charge >= 0.3 is 6.01 Å². The van der Waals surface area contributed by atoms with Crippen LogP contribution in [-0.2, 0) is 11.2 Å². The second-order valence-corrected chi connectivity index (χ2v) is 13.5. The lowest BCUT2D eigenvalue weighted by atomic mass is 9.74. The van der Waals surface area contributed by atoms with Crippen molar-refractivity contribution in [2.45, 2.75) is 57.2 Å². The lowest BCUT2D eigenvalue weighted by molar-refractivity contribution is -0.140. The standard InChI is InChI=1S/C35H36F3N5O3/c1-2-23-27(37)8-5-20-13-22(44)14-26(28(20)23)24-6-7-25-30(29(24)38)40-33(46-19-35-10-4-12-43(35)16-21(36)15-35)41-31(25)42-11-3-9-34(18-42)17-39-32(34)45/h5-8,13-14,21,44H,2-4,9-12,15-19H2,1H3,(H,39,45)/t21-,34?,35+/m1/s1. The summed E-state index contributed by atoms with van der Waals surface area (Å²) in [5.41, 5.74) is 0.0146. The quantitative estimate of drug-likeness (QED) is 0.265. The molecule has 4 saturated heterocycles. The number of phenolic OH excluding ortho intramolecular Hbond substituents is 1. The molecule has 240 valence electrons. The summed E-state index contributed by atoms with van der Waals surface area (Å²) < 4.78 is 52.6. The topological polar surface area (TPSA) is 90.8 Å². The lowest BCUT2D eigenvalue weighted by Crippen LogP contribution is -2.65. The van der Waals surface area contributed by atoms with Crippen molar-refractivity contribution < 1.29 is 27.8 Å². The number of hydrogen-bond donors (Lipinski definition) is 2. The molecule has 8 nitrogen and oxygen atoms in total. The molecule has 1 spiro atoms. The van der Waals surface area contributed by atoms with Crippen LogP contribution < -0.4 is 15.0 Å². The Morgan fingerprint density at radius 2 is 1.93 bits per heavy atom. The zero-order valence-electron chi connectivity index (χ0n) is 25.7. The van der Waals surface area contributed by atoms with Crippen molar-refractivity contribution in [3.05, 3.63) is 53.6 Å². The van der Waals surface area contributed by atoms with Crippen LogP contribution >= 0.6 is 0 Å². The molecule has 3 atom stereocenters. The number of piperidine rings is 1. The summed E-state index contributed by atoms with van der Waals surface area (Å²) in [6.07, 6.45) is 3.12. The fraction of sp³-hybridized carbons (Fsp3) is 0.457. The molecule has 0 saturated carbocycles. The van der Waals surface area contributed by atoms with Gasteiger partial charge in [0, 0.05) is 43.5 Å². The molecule has 4 aromatic rings. The molecule has 1 aromatic heterocycles. The number of aromatic hydroxyl groups is 1. The third kappa shape index (κ3) is 4.49. The number of alkyl halides is 1. The number of aromatic nitrogens is 2. The van der Waals surface area contributed by atoms with Crippen molar-refractivity contribution in [2.24, 2.45) is 5.41 Å². The zero-order valence-corrected chi connectivity index (χ0v) is 25.7. The number of benzene rings is 3. The highest BCUT2D eigenvalue weighted by Gasteiger charge is 2.50. The molecule has 8 rings (SSSR count). The third-order valence-corrected chi connectivity index (χ3v) is 10.7. The van der Waals surface area contributed by atoms with Crippen LogP contribution in [0.3, 0.4) is 0 Å². The highest BCUT2D eigenvalue weighted by molar-refractivity contribution is 6.03. The number of ether oxygens (including phenoxy) is 1. The summed E-state index contributed by atoms with van der Waals surface area (Å²) in [4.78, 5) is 26.2. The molecule has 0 radical (unpaired) electrons. The Balaban J connectivity index is 1.27. The van der Waals surface area contributed by atoms with Gasteiger partial charge in [-0.05, 0) is 84.8 Å². The molecule has 4 fully saturated rings. The summed E-state index contributed by atoms with van der Waals surface area (Å²) in [5, 5.41) is 15.1. The van der Waals surface area contributed by atoms with Gasteiger partial charge in [0.1, 0.15) is 35.7 Å². The molecular formula is C35H36F3N5O3. The number of rotatable bonds is 6. The van der Waals surface area contributed by atoms with E-state index in [-0.39, 0.29) is 35.4 Å². The van der Waals surface area contributed by atoms with Crippen LogP contribution in [0.5, 0.6) is 11.8 Å². The number of amides is 1. The second-order valence-electron chi connectivity index (χ2n) is 13.5. The second kappa shape index (κ2) is 10.7. The predicted octanol–water partition coefficient (Wildman–Crippen LogP) is 5.67. The summed E-state index contributed by atoms with van der Waals surface area (Å²) in [6.45, 7) is 4.84. The van der Waals surface area contributed by atoms with E-state index in [1.165, 1.54) is 12.1 Å². The van der Waals surface area contributed by atoms with Gasteiger partial charge in [0.2, 0.25) is 5.91 Å². The van der Waals surface area contributed by atoms with Crippen molar-refractivity contribution in [1.82, 2.24) is 20.2 Å². The molecule has 1 amide bonds. The van der Waals surface area contributed by atoms with Gasteiger partial charge in [-0.1, -0.05) is 19.1 Å². The van der Waals surface area contributed by atoms with Crippen LogP contribution in [0.15, 0.2) is 36.4 Å². The maximum Gasteiger partial charge on any atom is 0.319 e. The lowest BCUT2D eigenvalue weighted by Gasteiger charge is -2.47. The Hall–Kier alpha value is -4.12. The molecule has 0 bridgehead atoms. The third-order valence-electron chi connectivity index (χ3n) is 10.7. The summed E-state index contributed by atoms with van der Waals surface area (Å²) in [5.74, 6) is -0.630. The van der Waals surface area contributed by atoms with E-state index in [0.717, 1.165) is 32.2 Å². The van der Waals surface area contributed by atoms with E-state index in [2.05, 4.69) is 15.2 Å². The number of nitrogens with one attached hydrogen (secondary N) is 1. The normalized spacial score (nSPS) is 26.1. The molecule has 46 heavy (non-hydrogen) atoms. The molecule has 2 N–H and O–H groups in total. The van der Waals surface area contributed by atoms with Crippen LogP contribution in [0, 0.1) is 17.0 Å². The summed E-state index contributed by atoms with van der Waals surface area (Å²) in [6, 6.07) is 9.29.